The summed E-state index contributed by atoms with van der Waals surface area (Å²) >= 11 is 0. The van der Waals surface area contributed by atoms with Gasteiger partial charge in [0.15, 0.2) is 0 Å². The molecule has 0 bridgehead atoms. The molecule has 0 saturated carbocycles. The maximum Gasteiger partial charge on any atom is 0.237 e. The lowest BCUT2D eigenvalue weighted by molar-refractivity contribution is -0.124. The van der Waals surface area contributed by atoms with Gasteiger partial charge in [-0.1, -0.05) is 0 Å². The third kappa shape index (κ3) is 2.31. The van der Waals surface area contributed by atoms with Crippen LogP contribution in [0.25, 0.3) is 0 Å². The molecule has 2 N–H and O–H groups in total. The van der Waals surface area contributed by atoms with E-state index in [1.807, 2.05) is 0 Å². The molecular weight excluding hydrogens is 144 g/mol. The Balaban J connectivity index is 2.22. The Kier molecular flexibility index (Phi) is 3.04. The van der Waals surface area contributed by atoms with Gasteiger partial charge in [-0.15, -0.1) is 0 Å². The quantitative estimate of drug-likeness (QED) is 0.518. The minimum Gasteiger partial charge on any atom is -0.348 e. The average Bonchev–Trinajstić information content (AvgIpc) is 2.52. The molecule has 0 aliphatic carbocycles. The highest BCUT2D eigenvalue weighted by atomic mass is 16.2. The van der Waals surface area contributed by atoms with E-state index < -0.39 is 0 Å². The highest BCUT2D eigenvalue weighted by molar-refractivity contribution is 5.83. The van der Waals surface area contributed by atoms with Crippen LogP contribution in [-0.4, -0.2) is 31.3 Å². The molecular formula is C7H12N2O2. The molecule has 1 rings (SSSR count). The van der Waals surface area contributed by atoms with Gasteiger partial charge >= 0.3 is 0 Å². The Labute approximate surface area is 65.3 Å². The van der Waals surface area contributed by atoms with Gasteiger partial charge in [-0.05, 0) is 19.4 Å². The summed E-state index contributed by atoms with van der Waals surface area (Å²) in [5.41, 5.74) is 0. The van der Waals surface area contributed by atoms with E-state index in [2.05, 4.69) is 10.6 Å². The molecule has 1 aliphatic rings. The number of carbonyl (C=O) groups excluding carboxylic acids is 2. The summed E-state index contributed by atoms with van der Waals surface area (Å²) in [6, 6.07) is -0.0741. The second kappa shape index (κ2) is 4.08. The van der Waals surface area contributed by atoms with Gasteiger partial charge in [0.1, 0.15) is 6.29 Å². The van der Waals surface area contributed by atoms with Crippen molar-refractivity contribution >= 4 is 12.2 Å². The van der Waals surface area contributed by atoms with Crippen LogP contribution < -0.4 is 10.6 Å². The van der Waals surface area contributed by atoms with Crippen LogP contribution >= 0.6 is 0 Å². The number of hydrogen-bond donors (Lipinski definition) is 2. The van der Waals surface area contributed by atoms with Crippen molar-refractivity contribution < 1.29 is 9.59 Å². The van der Waals surface area contributed by atoms with E-state index in [-0.39, 0.29) is 18.5 Å². The van der Waals surface area contributed by atoms with E-state index in [0.29, 0.717) is 6.29 Å². The van der Waals surface area contributed by atoms with Crippen molar-refractivity contribution in [2.45, 2.75) is 18.9 Å². The molecule has 1 atom stereocenters. The maximum atomic E-state index is 11.1. The van der Waals surface area contributed by atoms with E-state index in [9.17, 15) is 9.59 Å². The molecule has 0 radical (unpaired) electrons. The Morgan fingerprint density at radius 2 is 2.55 bits per heavy atom. The highest BCUT2D eigenvalue weighted by Gasteiger charge is 2.20. The molecule has 1 fully saturated rings. The van der Waals surface area contributed by atoms with Crippen LogP contribution in [0.5, 0.6) is 0 Å². The molecule has 0 aromatic rings. The summed E-state index contributed by atoms with van der Waals surface area (Å²) < 4.78 is 0. The molecule has 1 aliphatic heterocycles. The number of amides is 1. The number of carbonyl (C=O) groups is 2. The molecule has 0 aromatic carbocycles. The minimum atomic E-state index is -0.0741. The Morgan fingerprint density at radius 3 is 3.09 bits per heavy atom. The number of rotatable bonds is 3. The smallest absolute Gasteiger partial charge is 0.237 e. The summed E-state index contributed by atoms with van der Waals surface area (Å²) in [6.45, 7) is 1.02. The fourth-order valence-electron chi connectivity index (χ4n) is 1.17. The molecule has 62 valence electrons. The van der Waals surface area contributed by atoms with E-state index in [1.165, 1.54) is 0 Å². The highest BCUT2D eigenvalue weighted by Crippen LogP contribution is 2.03. The number of aldehydes is 1. The first-order valence-electron chi connectivity index (χ1n) is 3.79. The molecule has 4 heteroatoms. The van der Waals surface area contributed by atoms with E-state index in [1.54, 1.807) is 0 Å². The zero-order valence-corrected chi connectivity index (χ0v) is 6.30. The van der Waals surface area contributed by atoms with Gasteiger partial charge in [-0.3, -0.25) is 4.79 Å². The Hall–Kier alpha value is -0.900. The molecule has 0 spiro atoms. The molecule has 0 aromatic heterocycles. The van der Waals surface area contributed by atoms with Crippen molar-refractivity contribution in [2.24, 2.45) is 0 Å². The van der Waals surface area contributed by atoms with Crippen LogP contribution in [0.4, 0.5) is 0 Å². The molecule has 4 nitrogen and oxygen atoms in total. The first kappa shape index (κ1) is 8.20. The van der Waals surface area contributed by atoms with Gasteiger partial charge in [-0.2, -0.15) is 0 Å². The summed E-state index contributed by atoms with van der Waals surface area (Å²) in [6.07, 6.45) is 2.61. The van der Waals surface area contributed by atoms with Crippen molar-refractivity contribution in [1.29, 1.82) is 0 Å². The molecule has 1 amide bonds. The molecule has 11 heavy (non-hydrogen) atoms. The van der Waals surface area contributed by atoms with Crippen LogP contribution in [0.2, 0.25) is 0 Å². The first-order valence-corrected chi connectivity index (χ1v) is 3.79. The Bertz CT molecular complexity index is 153. The SMILES string of the molecule is O=CCNC(=O)[C@@H]1CCCN1. The third-order valence-electron chi connectivity index (χ3n) is 1.74. The lowest BCUT2D eigenvalue weighted by Crippen LogP contribution is -2.40. The summed E-state index contributed by atoms with van der Waals surface area (Å²) in [5.74, 6) is -0.0606. The van der Waals surface area contributed by atoms with Gasteiger partial charge in [0.25, 0.3) is 0 Å². The van der Waals surface area contributed by atoms with Crippen molar-refractivity contribution in [2.75, 3.05) is 13.1 Å². The summed E-state index contributed by atoms with van der Waals surface area (Å²) in [7, 11) is 0. The topological polar surface area (TPSA) is 58.2 Å². The largest absolute Gasteiger partial charge is 0.348 e. The van der Waals surface area contributed by atoms with Crippen molar-refractivity contribution in [3.63, 3.8) is 0 Å². The lowest BCUT2D eigenvalue weighted by Gasteiger charge is -2.07. The normalized spacial score (nSPS) is 23.1. The second-order valence-corrected chi connectivity index (χ2v) is 2.56. The van der Waals surface area contributed by atoms with Gasteiger partial charge < -0.3 is 15.4 Å². The predicted molar refractivity (Wildman–Crippen MR) is 40.1 cm³/mol. The van der Waals surface area contributed by atoms with Crippen LogP contribution in [0.1, 0.15) is 12.8 Å². The predicted octanol–water partition coefficient (Wildman–Crippen LogP) is -0.947. The van der Waals surface area contributed by atoms with Gasteiger partial charge in [0, 0.05) is 0 Å². The fourth-order valence-corrected chi connectivity index (χ4v) is 1.17. The van der Waals surface area contributed by atoms with Crippen LogP contribution in [0.15, 0.2) is 0 Å². The van der Waals surface area contributed by atoms with Crippen molar-refractivity contribution in [3.05, 3.63) is 0 Å². The van der Waals surface area contributed by atoms with Crippen molar-refractivity contribution in [1.82, 2.24) is 10.6 Å². The number of hydrogen-bond acceptors (Lipinski definition) is 3. The lowest BCUT2D eigenvalue weighted by atomic mass is 10.2. The zero-order valence-electron chi connectivity index (χ0n) is 6.30. The molecule has 1 heterocycles. The number of nitrogens with one attached hydrogen (secondary N) is 2. The maximum absolute atomic E-state index is 11.1. The second-order valence-electron chi connectivity index (χ2n) is 2.56. The van der Waals surface area contributed by atoms with Crippen LogP contribution in [0, 0.1) is 0 Å². The van der Waals surface area contributed by atoms with Crippen LogP contribution in [0.3, 0.4) is 0 Å². The van der Waals surface area contributed by atoms with E-state index in [0.717, 1.165) is 19.4 Å². The summed E-state index contributed by atoms with van der Waals surface area (Å²) in [5, 5.41) is 5.54. The van der Waals surface area contributed by atoms with Gasteiger partial charge in [0.05, 0.1) is 12.6 Å². The zero-order chi connectivity index (χ0) is 8.10. The average molecular weight is 156 g/mol. The van der Waals surface area contributed by atoms with Crippen LogP contribution in [-0.2, 0) is 9.59 Å². The molecule has 1 saturated heterocycles. The monoisotopic (exact) mass is 156 g/mol. The summed E-state index contributed by atoms with van der Waals surface area (Å²) in [4.78, 5) is 21.0. The molecule has 0 unspecified atom stereocenters. The fraction of sp³-hybridized carbons (Fsp3) is 0.714. The first-order chi connectivity index (χ1) is 5.34. The standard InChI is InChI=1S/C7H12N2O2/c10-5-4-9-7(11)6-2-1-3-8-6/h5-6,8H,1-4H2,(H,9,11)/t6-/m0/s1. The van der Waals surface area contributed by atoms with E-state index in [4.69, 9.17) is 0 Å². The third-order valence-corrected chi connectivity index (χ3v) is 1.74. The van der Waals surface area contributed by atoms with Crippen molar-refractivity contribution in [3.8, 4) is 0 Å². The van der Waals surface area contributed by atoms with E-state index >= 15 is 0 Å². The van der Waals surface area contributed by atoms with Gasteiger partial charge in [-0.25, -0.2) is 0 Å². The van der Waals surface area contributed by atoms with Gasteiger partial charge in [0.2, 0.25) is 5.91 Å². The Morgan fingerprint density at radius 1 is 1.73 bits per heavy atom. The minimum absolute atomic E-state index is 0.0606.